The van der Waals surface area contributed by atoms with Gasteiger partial charge in [-0.1, -0.05) is 12.1 Å². The van der Waals surface area contributed by atoms with Gasteiger partial charge < -0.3 is 9.26 Å². The lowest BCUT2D eigenvalue weighted by atomic mass is 10.1. The quantitative estimate of drug-likeness (QED) is 0.564. The zero-order valence-electron chi connectivity index (χ0n) is 10.8. The molecular weight excluding hydrogens is 251 g/mol. The lowest BCUT2D eigenvalue weighted by Crippen LogP contribution is -2.05. The Morgan fingerprint density at radius 3 is 2.83 bits per heavy atom. The maximum Gasteiger partial charge on any atom is 0.338 e. The van der Waals surface area contributed by atoms with Crippen molar-refractivity contribution in [3.05, 3.63) is 35.4 Å². The first-order chi connectivity index (χ1) is 8.67. The fourth-order valence-corrected chi connectivity index (χ4v) is 2.28. The summed E-state index contributed by atoms with van der Waals surface area (Å²) >= 11 is 0. The number of ether oxygens (including phenoxy) is 1. The summed E-state index contributed by atoms with van der Waals surface area (Å²) in [7, 11) is -0.414. The smallest absolute Gasteiger partial charge is 0.338 e. The summed E-state index contributed by atoms with van der Waals surface area (Å²) in [5.74, 6) is -0.301. The monoisotopic (exact) mass is 270 g/mol. The van der Waals surface area contributed by atoms with Crippen LogP contribution in [0.15, 0.2) is 24.3 Å². The molecule has 0 spiro atoms. The van der Waals surface area contributed by atoms with Crippen LogP contribution in [0.25, 0.3) is 0 Å². The molecule has 4 nitrogen and oxygen atoms in total. The third-order valence-electron chi connectivity index (χ3n) is 2.51. The Balaban J connectivity index is 2.54. The molecule has 5 heteroatoms. The van der Waals surface area contributed by atoms with Crippen molar-refractivity contribution in [2.45, 2.75) is 19.8 Å². The molecule has 1 aromatic carbocycles. The standard InChI is InChI=1S/C13H19O4P/c1-3-17-13(14)12-8-4-6-11(10-12)7-5-9-18(15)16-2/h4,6,8,10,18H,3,5,7,9H2,1-2H3. The van der Waals surface area contributed by atoms with Crippen molar-refractivity contribution in [1.29, 1.82) is 0 Å². The summed E-state index contributed by atoms with van der Waals surface area (Å²) in [5, 5.41) is 0. The molecule has 0 bridgehead atoms. The van der Waals surface area contributed by atoms with E-state index < -0.39 is 8.03 Å². The van der Waals surface area contributed by atoms with Crippen LogP contribution in [0.5, 0.6) is 0 Å². The SMILES string of the molecule is CCOC(=O)c1cccc(CCC[PH](=O)OC)c1. The highest BCUT2D eigenvalue weighted by atomic mass is 31.1. The van der Waals surface area contributed by atoms with Crippen molar-refractivity contribution in [1.82, 2.24) is 0 Å². The van der Waals surface area contributed by atoms with Crippen LogP contribution in [0, 0.1) is 0 Å². The van der Waals surface area contributed by atoms with Gasteiger partial charge in [0.05, 0.1) is 12.2 Å². The van der Waals surface area contributed by atoms with E-state index in [1.165, 1.54) is 7.11 Å². The van der Waals surface area contributed by atoms with Gasteiger partial charge in [-0.15, -0.1) is 0 Å². The molecule has 0 aliphatic heterocycles. The van der Waals surface area contributed by atoms with E-state index in [1.54, 1.807) is 13.0 Å². The van der Waals surface area contributed by atoms with Crippen molar-refractivity contribution in [3.8, 4) is 0 Å². The summed E-state index contributed by atoms with van der Waals surface area (Å²) in [5.41, 5.74) is 1.61. The van der Waals surface area contributed by atoms with Crippen molar-refractivity contribution in [2.75, 3.05) is 19.9 Å². The van der Waals surface area contributed by atoms with Crippen LogP contribution >= 0.6 is 8.03 Å². The highest BCUT2D eigenvalue weighted by Crippen LogP contribution is 2.22. The lowest BCUT2D eigenvalue weighted by Gasteiger charge is -2.05. The van der Waals surface area contributed by atoms with Gasteiger partial charge in [-0.2, -0.15) is 0 Å². The highest BCUT2D eigenvalue weighted by Gasteiger charge is 2.06. The normalized spacial score (nSPS) is 12.1. The van der Waals surface area contributed by atoms with E-state index in [9.17, 15) is 9.36 Å². The van der Waals surface area contributed by atoms with Gasteiger partial charge in [-0.25, -0.2) is 4.79 Å². The first kappa shape index (κ1) is 14.9. The molecule has 1 aromatic rings. The molecule has 0 amide bonds. The maximum absolute atomic E-state index is 11.5. The third-order valence-corrected chi connectivity index (χ3v) is 3.73. The van der Waals surface area contributed by atoms with E-state index >= 15 is 0 Å². The minimum atomic E-state index is -1.87. The van der Waals surface area contributed by atoms with Crippen LogP contribution in [0.2, 0.25) is 0 Å². The number of rotatable bonds is 7. The van der Waals surface area contributed by atoms with Gasteiger partial charge in [0.1, 0.15) is 0 Å². The lowest BCUT2D eigenvalue weighted by molar-refractivity contribution is 0.0526. The minimum Gasteiger partial charge on any atom is -0.462 e. The Bertz CT molecular complexity index is 417. The molecule has 1 atom stereocenters. The van der Waals surface area contributed by atoms with E-state index in [1.807, 2.05) is 18.2 Å². The second-order valence-electron chi connectivity index (χ2n) is 3.85. The number of benzene rings is 1. The molecule has 0 saturated carbocycles. The van der Waals surface area contributed by atoms with Crippen LogP contribution in [0.1, 0.15) is 29.3 Å². The predicted octanol–water partition coefficient (Wildman–Crippen LogP) is 2.92. The van der Waals surface area contributed by atoms with Gasteiger partial charge in [0.15, 0.2) is 8.03 Å². The Morgan fingerprint density at radius 1 is 1.39 bits per heavy atom. The number of carbonyl (C=O) groups is 1. The van der Waals surface area contributed by atoms with Gasteiger partial charge in [0.2, 0.25) is 0 Å². The van der Waals surface area contributed by atoms with Gasteiger partial charge in [0.25, 0.3) is 0 Å². The molecule has 1 unspecified atom stereocenters. The van der Waals surface area contributed by atoms with E-state index in [-0.39, 0.29) is 5.97 Å². The number of esters is 1. The van der Waals surface area contributed by atoms with Crippen LogP contribution in [0.4, 0.5) is 0 Å². The summed E-state index contributed by atoms with van der Waals surface area (Å²) in [6.45, 7) is 2.16. The van der Waals surface area contributed by atoms with Gasteiger partial charge in [-0.05, 0) is 37.5 Å². The molecule has 0 saturated heterocycles. The molecule has 1 rings (SSSR count). The fraction of sp³-hybridized carbons (Fsp3) is 0.462. The highest BCUT2D eigenvalue weighted by molar-refractivity contribution is 7.39. The summed E-state index contributed by atoms with van der Waals surface area (Å²) < 4.78 is 20.8. The van der Waals surface area contributed by atoms with Gasteiger partial charge in [0, 0.05) is 13.3 Å². The molecule has 0 N–H and O–H groups in total. The molecule has 0 radical (unpaired) electrons. The summed E-state index contributed by atoms with van der Waals surface area (Å²) in [6.07, 6.45) is 2.15. The molecule has 0 fully saturated rings. The Labute approximate surface area is 108 Å². The third kappa shape index (κ3) is 5.03. The number of hydrogen-bond donors (Lipinski definition) is 0. The minimum absolute atomic E-state index is 0.301. The molecule has 0 aromatic heterocycles. The van der Waals surface area contributed by atoms with Crippen LogP contribution < -0.4 is 0 Å². The largest absolute Gasteiger partial charge is 0.462 e. The first-order valence-corrected chi connectivity index (χ1v) is 7.52. The molecule has 0 aliphatic rings. The number of aryl methyl sites for hydroxylation is 1. The van der Waals surface area contributed by atoms with E-state index in [2.05, 4.69) is 0 Å². The number of carbonyl (C=O) groups excluding carboxylic acids is 1. The van der Waals surface area contributed by atoms with E-state index in [0.717, 1.165) is 18.4 Å². The van der Waals surface area contributed by atoms with Crippen molar-refractivity contribution < 1.29 is 18.6 Å². The topological polar surface area (TPSA) is 52.6 Å². The zero-order chi connectivity index (χ0) is 13.4. The van der Waals surface area contributed by atoms with E-state index in [4.69, 9.17) is 9.26 Å². The summed E-state index contributed by atoms with van der Waals surface area (Å²) in [4.78, 5) is 11.5. The average molecular weight is 270 g/mol. The van der Waals surface area contributed by atoms with E-state index in [0.29, 0.717) is 18.3 Å². The molecule has 100 valence electrons. The molecule has 18 heavy (non-hydrogen) atoms. The first-order valence-electron chi connectivity index (χ1n) is 6.00. The Hall–Kier alpha value is -1.12. The van der Waals surface area contributed by atoms with Crippen LogP contribution in [-0.2, 0) is 20.2 Å². The van der Waals surface area contributed by atoms with Gasteiger partial charge >= 0.3 is 5.97 Å². The fourth-order valence-electron chi connectivity index (χ4n) is 1.61. The molecule has 0 aliphatic carbocycles. The average Bonchev–Trinajstić information content (AvgIpc) is 2.39. The van der Waals surface area contributed by atoms with Gasteiger partial charge in [-0.3, -0.25) is 4.57 Å². The maximum atomic E-state index is 11.5. The molecule has 0 heterocycles. The summed E-state index contributed by atoms with van der Waals surface area (Å²) in [6, 6.07) is 7.34. The Kier molecular flexibility index (Phi) is 6.69. The Morgan fingerprint density at radius 2 is 2.17 bits per heavy atom. The van der Waals surface area contributed by atoms with Crippen molar-refractivity contribution >= 4 is 14.0 Å². The zero-order valence-corrected chi connectivity index (χ0v) is 11.8. The molecular formula is C13H19O4P. The van der Waals surface area contributed by atoms with Crippen LogP contribution in [0.3, 0.4) is 0 Å². The second kappa shape index (κ2) is 8.06. The second-order valence-corrected chi connectivity index (χ2v) is 5.50. The van der Waals surface area contributed by atoms with Crippen LogP contribution in [-0.4, -0.2) is 25.8 Å². The van der Waals surface area contributed by atoms with Crippen molar-refractivity contribution in [2.24, 2.45) is 0 Å². The number of hydrogen-bond acceptors (Lipinski definition) is 4. The van der Waals surface area contributed by atoms with Crippen molar-refractivity contribution in [3.63, 3.8) is 0 Å². The predicted molar refractivity (Wildman–Crippen MR) is 71.6 cm³/mol.